The van der Waals surface area contributed by atoms with Crippen molar-refractivity contribution in [3.05, 3.63) is 53.5 Å². The van der Waals surface area contributed by atoms with Gasteiger partial charge in [0.15, 0.2) is 11.6 Å². The number of nitriles is 1. The summed E-state index contributed by atoms with van der Waals surface area (Å²) >= 11 is 0. The molecular formula is C25H24F2N8. The predicted octanol–water partition coefficient (Wildman–Crippen LogP) is 3.36. The Bertz CT molecular complexity index is 1520. The monoisotopic (exact) mass is 474 g/mol. The van der Waals surface area contributed by atoms with E-state index in [0.29, 0.717) is 42.1 Å². The third-order valence-corrected chi connectivity index (χ3v) is 7.84. The first-order valence-electron chi connectivity index (χ1n) is 12.0. The SMILES string of the molecule is C[C@@H]1CN(c2ccc(C#N)n3ncc(F)c23)Cc2c3ccc(N4C5CCC4CNC5)c(F)c3nn21. The van der Waals surface area contributed by atoms with Crippen molar-refractivity contribution in [2.24, 2.45) is 0 Å². The molecule has 10 heteroatoms. The molecule has 7 rings (SSSR count). The van der Waals surface area contributed by atoms with Crippen LogP contribution >= 0.6 is 0 Å². The first kappa shape index (κ1) is 20.6. The number of hydrogen-bond donors (Lipinski definition) is 1. The molecule has 35 heavy (non-hydrogen) atoms. The van der Waals surface area contributed by atoms with Crippen molar-refractivity contribution in [1.82, 2.24) is 24.7 Å². The molecule has 8 nitrogen and oxygen atoms in total. The third kappa shape index (κ3) is 2.85. The van der Waals surface area contributed by atoms with Crippen molar-refractivity contribution in [1.29, 1.82) is 5.26 Å². The molecule has 2 saturated heterocycles. The van der Waals surface area contributed by atoms with Crippen LogP contribution in [-0.4, -0.2) is 51.1 Å². The molecule has 2 bridgehead atoms. The lowest BCUT2D eigenvalue weighted by atomic mass is 10.1. The van der Waals surface area contributed by atoms with Gasteiger partial charge in [0.05, 0.1) is 35.9 Å². The first-order valence-corrected chi connectivity index (χ1v) is 12.0. The van der Waals surface area contributed by atoms with Gasteiger partial charge in [-0.15, -0.1) is 0 Å². The van der Waals surface area contributed by atoms with Gasteiger partial charge >= 0.3 is 0 Å². The van der Waals surface area contributed by atoms with Crippen LogP contribution < -0.4 is 15.1 Å². The fraction of sp³-hybridized carbons (Fsp3) is 0.400. The number of halogens is 2. The molecule has 178 valence electrons. The summed E-state index contributed by atoms with van der Waals surface area (Å²) in [6.07, 6.45) is 3.28. The number of nitrogens with zero attached hydrogens (tertiary/aromatic N) is 7. The minimum absolute atomic E-state index is 0.0500. The van der Waals surface area contributed by atoms with Crippen molar-refractivity contribution in [3.63, 3.8) is 0 Å². The fourth-order valence-corrected chi connectivity index (χ4v) is 6.28. The Morgan fingerprint density at radius 1 is 1.09 bits per heavy atom. The van der Waals surface area contributed by atoms with E-state index in [0.717, 1.165) is 43.2 Å². The largest absolute Gasteiger partial charge is 0.362 e. The number of rotatable bonds is 2. The topological polar surface area (TPSA) is 77.4 Å². The Morgan fingerprint density at radius 2 is 1.86 bits per heavy atom. The lowest BCUT2D eigenvalue weighted by Crippen LogP contribution is -2.52. The molecule has 4 aromatic rings. The molecule has 1 aromatic carbocycles. The Kier molecular flexibility index (Phi) is 4.36. The minimum atomic E-state index is -0.477. The van der Waals surface area contributed by atoms with Crippen LogP contribution in [0.1, 0.15) is 37.2 Å². The van der Waals surface area contributed by atoms with Crippen LogP contribution in [0.4, 0.5) is 20.2 Å². The van der Waals surface area contributed by atoms with Gasteiger partial charge in [0.25, 0.3) is 0 Å². The van der Waals surface area contributed by atoms with Crippen molar-refractivity contribution in [3.8, 4) is 6.07 Å². The number of benzene rings is 1. The van der Waals surface area contributed by atoms with Crippen LogP contribution in [0.2, 0.25) is 0 Å². The van der Waals surface area contributed by atoms with E-state index in [1.54, 1.807) is 12.1 Å². The zero-order chi connectivity index (χ0) is 23.8. The highest BCUT2D eigenvalue weighted by atomic mass is 19.1. The summed E-state index contributed by atoms with van der Waals surface area (Å²) in [5.41, 5.74) is 3.13. The summed E-state index contributed by atoms with van der Waals surface area (Å²) in [5, 5.41) is 22.4. The summed E-state index contributed by atoms with van der Waals surface area (Å²) in [5.74, 6) is -0.737. The molecule has 6 heterocycles. The van der Waals surface area contributed by atoms with Gasteiger partial charge in [-0.3, -0.25) is 4.68 Å². The van der Waals surface area contributed by atoms with Crippen molar-refractivity contribution < 1.29 is 8.78 Å². The van der Waals surface area contributed by atoms with Gasteiger partial charge in [-0.25, -0.2) is 13.3 Å². The number of hydrogen-bond acceptors (Lipinski definition) is 6. The van der Waals surface area contributed by atoms with Crippen LogP contribution in [-0.2, 0) is 6.54 Å². The highest BCUT2D eigenvalue weighted by Crippen LogP contribution is 2.39. The van der Waals surface area contributed by atoms with Gasteiger partial charge in [0.1, 0.15) is 22.8 Å². The highest BCUT2D eigenvalue weighted by Gasteiger charge is 2.38. The maximum absolute atomic E-state index is 15.9. The van der Waals surface area contributed by atoms with Crippen LogP contribution in [0, 0.1) is 23.0 Å². The molecule has 0 radical (unpaired) electrons. The maximum atomic E-state index is 15.9. The van der Waals surface area contributed by atoms with Gasteiger partial charge in [0, 0.05) is 37.1 Å². The van der Waals surface area contributed by atoms with Gasteiger partial charge in [0.2, 0.25) is 0 Å². The van der Waals surface area contributed by atoms with Gasteiger partial charge in [-0.1, -0.05) is 0 Å². The van der Waals surface area contributed by atoms with E-state index in [-0.39, 0.29) is 23.1 Å². The molecule has 0 amide bonds. The third-order valence-electron chi connectivity index (χ3n) is 7.84. The first-order chi connectivity index (χ1) is 17.0. The normalized spacial score (nSPS) is 23.8. The second-order valence-electron chi connectivity index (χ2n) is 9.83. The average Bonchev–Trinajstić information content (AvgIpc) is 3.51. The van der Waals surface area contributed by atoms with Gasteiger partial charge in [-0.05, 0) is 44.0 Å². The second kappa shape index (κ2) is 7.39. The molecule has 1 N–H and O–H groups in total. The number of piperazine rings is 1. The summed E-state index contributed by atoms with van der Waals surface area (Å²) in [6.45, 7) is 4.81. The van der Waals surface area contributed by atoms with E-state index in [1.165, 1.54) is 4.52 Å². The van der Waals surface area contributed by atoms with E-state index >= 15 is 4.39 Å². The lowest BCUT2D eigenvalue weighted by Gasteiger charge is -2.37. The summed E-state index contributed by atoms with van der Waals surface area (Å²) in [7, 11) is 0. The Labute approximate surface area is 200 Å². The molecule has 3 aliphatic rings. The van der Waals surface area contributed by atoms with Crippen molar-refractivity contribution >= 4 is 27.8 Å². The van der Waals surface area contributed by atoms with E-state index < -0.39 is 5.82 Å². The number of nitrogens with one attached hydrogen (secondary N) is 1. The zero-order valence-electron chi connectivity index (χ0n) is 19.2. The maximum Gasteiger partial charge on any atom is 0.174 e. The molecule has 0 spiro atoms. The van der Waals surface area contributed by atoms with Crippen LogP contribution in [0.15, 0.2) is 30.5 Å². The van der Waals surface area contributed by atoms with Crippen LogP contribution in [0.5, 0.6) is 0 Å². The molecule has 0 saturated carbocycles. The Hall–Kier alpha value is -3.71. The number of aromatic nitrogens is 4. The standard InChI is InChI=1S/C25H24F2N8/c1-14-12-32(21-6-4-15(8-28)35-25(21)19(26)11-30-35)13-22-18-5-7-20(23(27)24(18)31-34(14)22)33-16-2-3-17(33)10-29-9-16/h4-7,11,14,16-17,29H,2-3,9-10,12-13H2,1H3/t14-,16?,17?/m1/s1. The van der Waals surface area contributed by atoms with Crippen molar-refractivity contribution in [2.45, 2.75) is 44.4 Å². The van der Waals surface area contributed by atoms with Gasteiger partial charge in [-0.2, -0.15) is 15.5 Å². The summed E-state index contributed by atoms with van der Waals surface area (Å²) < 4.78 is 33.9. The fourth-order valence-electron chi connectivity index (χ4n) is 6.28. The van der Waals surface area contributed by atoms with E-state index in [4.69, 9.17) is 5.10 Å². The summed E-state index contributed by atoms with van der Waals surface area (Å²) in [6, 6.07) is 9.94. The minimum Gasteiger partial charge on any atom is -0.362 e. The molecule has 2 fully saturated rings. The van der Waals surface area contributed by atoms with Crippen LogP contribution in [0.25, 0.3) is 16.4 Å². The highest BCUT2D eigenvalue weighted by molar-refractivity contribution is 5.87. The summed E-state index contributed by atoms with van der Waals surface area (Å²) in [4.78, 5) is 4.31. The number of pyridine rings is 1. The zero-order valence-corrected chi connectivity index (χ0v) is 19.2. The van der Waals surface area contributed by atoms with Crippen molar-refractivity contribution in [2.75, 3.05) is 29.4 Å². The molecule has 0 aliphatic carbocycles. The molecule has 2 unspecified atom stereocenters. The molecule has 3 aromatic heterocycles. The number of anilines is 2. The van der Waals surface area contributed by atoms with E-state index in [1.807, 2.05) is 23.7 Å². The predicted molar refractivity (Wildman–Crippen MR) is 127 cm³/mol. The van der Waals surface area contributed by atoms with E-state index in [2.05, 4.69) is 26.3 Å². The van der Waals surface area contributed by atoms with E-state index in [9.17, 15) is 9.65 Å². The number of fused-ring (bicyclic) bond motifs is 6. The lowest BCUT2D eigenvalue weighted by molar-refractivity contribution is 0.429. The molecular weight excluding hydrogens is 450 g/mol. The molecule has 3 aliphatic heterocycles. The average molecular weight is 475 g/mol. The smallest absolute Gasteiger partial charge is 0.174 e. The Balaban J connectivity index is 1.32. The van der Waals surface area contributed by atoms with Gasteiger partial charge < -0.3 is 15.1 Å². The van der Waals surface area contributed by atoms with Crippen LogP contribution in [0.3, 0.4) is 0 Å². The second-order valence-corrected chi connectivity index (χ2v) is 9.83. The quantitative estimate of drug-likeness (QED) is 0.480. The Morgan fingerprint density at radius 3 is 2.63 bits per heavy atom. The molecule has 3 atom stereocenters.